The molecule has 2 aromatic carbocycles. The van der Waals surface area contributed by atoms with Crippen molar-refractivity contribution >= 4 is 22.7 Å². The van der Waals surface area contributed by atoms with Crippen LogP contribution in [0.1, 0.15) is 0 Å². The molecule has 0 aliphatic heterocycles. The average molecular weight is 264 g/mol. The Morgan fingerprint density at radius 1 is 0.632 bits per heavy atom. The molecule has 0 bridgehead atoms. The van der Waals surface area contributed by atoms with Crippen LogP contribution in [0.15, 0.2) is 30.3 Å². The number of aromatic hydroxyl groups is 3. The molecule has 0 aromatic heterocycles. The second kappa shape index (κ2) is 5.58. The molecule has 0 saturated heterocycles. The fraction of sp³-hybridized carbons (Fsp3) is 0. The first-order chi connectivity index (χ1) is 8.82. The number of nitrogens with two attached hydrogens (primary N) is 4. The topological polar surface area (TPSA) is 165 Å². The minimum Gasteiger partial charge on any atom is -0.506 e. The Bertz CT molecular complexity index is 517. The molecule has 0 spiro atoms. The summed E-state index contributed by atoms with van der Waals surface area (Å²) < 4.78 is 0. The van der Waals surface area contributed by atoms with E-state index < -0.39 is 0 Å². The standard InChI is InChI=1S/C6H8N2O2.C6H8N2O/c7-3-1-4(8)6(10)2-5(3)9;7-4-2-1-3-5(8)6(4)9/h1-2,9-10H,7-8H2;1-3,9H,7-8H2. The van der Waals surface area contributed by atoms with E-state index in [2.05, 4.69) is 0 Å². The van der Waals surface area contributed by atoms with E-state index in [-0.39, 0.29) is 28.6 Å². The van der Waals surface area contributed by atoms with Crippen LogP contribution < -0.4 is 22.9 Å². The summed E-state index contributed by atoms with van der Waals surface area (Å²) in [5, 5.41) is 26.7. The fourth-order valence-electron chi connectivity index (χ4n) is 1.19. The molecule has 11 N–H and O–H groups in total. The van der Waals surface area contributed by atoms with Gasteiger partial charge in [-0.1, -0.05) is 6.07 Å². The summed E-state index contributed by atoms with van der Waals surface area (Å²) >= 11 is 0. The maximum absolute atomic E-state index is 8.96. The molecule has 7 heteroatoms. The highest BCUT2D eigenvalue weighted by atomic mass is 16.3. The molecule has 2 aromatic rings. The third-order valence-corrected chi connectivity index (χ3v) is 2.27. The van der Waals surface area contributed by atoms with E-state index in [0.29, 0.717) is 11.4 Å². The fourth-order valence-corrected chi connectivity index (χ4v) is 1.19. The summed E-state index contributed by atoms with van der Waals surface area (Å²) in [6.07, 6.45) is 0. The monoisotopic (exact) mass is 264 g/mol. The Kier molecular flexibility index (Phi) is 4.15. The molecule has 0 fully saturated rings. The van der Waals surface area contributed by atoms with Gasteiger partial charge in [-0.2, -0.15) is 0 Å². The average Bonchev–Trinajstić information content (AvgIpc) is 2.34. The van der Waals surface area contributed by atoms with E-state index in [1.807, 2.05) is 0 Å². The van der Waals surface area contributed by atoms with E-state index in [1.54, 1.807) is 18.2 Å². The Hall–Kier alpha value is -2.96. The lowest BCUT2D eigenvalue weighted by molar-refractivity contribution is 0.454. The number of para-hydroxylation sites is 1. The molecule has 102 valence electrons. The zero-order chi connectivity index (χ0) is 14.6. The van der Waals surface area contributed by atoms with Gasteiger partial charge in [-0.25, -0.2) is 0 Å². The number of anilines is 4. The number of hydrogen-bond donors (Lipinski definition) is 7. The SMILES string of the molecule is Nc1cc(N)c(O)cc1O.Nc1cccc(N)c1O. The second-order valence-corrected chi connectivity index (χ2v) is 3.75. The molecule has 0 heterocycles. The highest BCUT2D eigenvalue weighted by Gasteiger charge is 2.01. The van der Waals surface area contributed by atoms with Crippen LogP contribution in [-0.4, -0.2) is 15.3 Å². The first kappa shape index (κ1) is 14.1. The van der Waals surface area contributed by atoms with Gasteiger partial charge in [-0.15, -0.1) is 0 Å². The van der Waals surface area contributed by atoms with Gasteiger partial charge in [0.05, 0.1) is 22.7 Å². The van der Waals surface area contributed by atoms with Crippen LogP contribution in [0.3, 0.4) is 0 Å². The minimum absolute atomic E-state index is 0.0301. The van der Waals surface area contributed by atoms with Gasteiger partial charge in [0.1, 0.15) is 11.5 Å². The van der Waals surface area contributed by atoms with Gasteiger partial charge in [0.2, 0.25) is 0 Å². The van der Waals surface area contributed by atoms with Crippen LogP contribution in [0.2, 0.25) is 0 Å². The number of phenols is 3. The van der Waals surface area contributed by atoms with Crippen molar-refractivity contribution in [2.75, 3.05) is 22.9 Å². The zero-order valence-corrected chi connectivity index (χ0v) is 10.0. The molecule has 0 aliphatic rings. The van der Waals surface area contributed by atoms with Crippen molar-refractivity contribution in [3.63, 3.8) is 0 Å². The smallest absolute Gasteiger partial charge is 0.161 e. The molecular formula is C12H16N4O3. The third-order valence-electron chi connectivity index (χ3n) is 2.27. The van der Waals surface area contributed by atoms with Crippen LogP contribution in [0.25, 0.3) is 0 Å². The summed E-state index contributed by atoms with van der Waals surface area (Å²) in [6, 6.07) is 7.26. The Morgan fingerprint density at radius 2 is 1.05 bits per heavy atom. The van der Waals surface area contributed by atoms with Gasteiger partial charge in [-0.05, 0) is 18.2 Å². The summed E-state index contributed by atoms with van der Waals surface area (Å²) in [6.45, 7) is 0. The first-order valence-corrected chi connectivity index (χ1v) is 5.22. The summed E-state index contributed by atoms with van der Waals surface area (Å²) in [5.74, 6) is -0.351. The van der Waals surface area contributed by atoms with Crippen LogP contribution >= 0.6 is 0 Å². The first-order valence-electron chi connectivity index (χ1n) is 5.22. The van der Waals surface area contributed by atoms with E-state index >= 15 is 0 Å². The third kappa shape index (κ3) is 3.50. The summed E-state index contributed by atoms with van der Waals surface area (Å²) in [7, 11) is 0. The molecule has 7 nitrogen and oxygen atoms in total. The maximum atomic E-state index is 8.96. The lowest BCUT2D eigenvalue weighted by Gasteiger charge is -2.01. The number of phenolic OH excluding ortho intramolecular Hbond substituents is 3. The van der Waals surface area contributed by atoms with Crippen LogP contribution in [0, 0.1) is 0 Å². The number of rotatable bonds is 0. The van der Waals surface area contributed by atoms with Crippen LogP contribution in [-0.2, 0) is 0 Å². The molecule has 0 aliphatic carbocycles. The molecule has 0 atom stereocenters. The molecule has 0 unspecified atom stereocenters. The molecule has 0 radical (unpaired) electrons. The van der Waals surface area contributed by atoms with Crippen molar-refractivity contribution < 1.29 is 15.3 Å². The van der Waals surface area contributed by atoms with E-state index in [4.69, 9.17) is 38.3 Å². The van der Waals surface area contributed by atoms with Crippen molar-refractivity contribution in [1.82, 2.24) is 0 Å². The minimum atomic E-state index is -0.160. The number of nitrogen functional groups attached to an aromatic ring is 4. The van der Waals surface area contributed by atoms with Crippen molar-refractivity contribution in [2.45, 2.75) is 0 Å². The molecule has 0 amide bonds. The molecule has 2 rings (SSSR count). The van der Waals surface area contributed by atoms with Crippen LogP contribution in [0.5, 0.6) is 17.2 Å². The van der Waals surface area contributed by atoms with Gasteiger partial charge < -0.3 is 38.3 Å². The Balaban J connectivity index is 0.000000191. The van der Waals surface area contributed by atoms with E-state index in [9.17, 15) is 0 Å². The Labute approximate surface area is 109 Å². The maximum Gasteiger partial charge on any atom is 0.161 e. The summed E-state index contributed by atoms with van der Waals surface area (Å²) in [5.41, 5.74) is 22.0. The number of benzene rings is 2. The lowest BCUT2D eigenvalue weighted by atomic mass is 10.2. The van der Waals surface area contributed by atoms with Crippen molar-refractivity contribution in [3.05, 3.63) is 30.3 Å². The van der Waals surface area contributed by atoms with E-state index in [1.165, 1.54) is 6.07 Å². The summed E-state index contributed by atoms with van der Waals surface area (Å²) in [4.78, 5) is 0. The normalized spacial score (nSPS) is 9.47. The second-order valence-electron chi connectivity index (χ2n) is 3.75. The largest absolute Gasteiger partial charge is 0.506 e. The van der Waals surface area contributed by atoms with Crippen molar-refractivity contribution in [1.29, 1.82) is 0 Å². The van der Waals surface area contributed by atoms with Gasteiger partial charge >= 0.3 is 0 Å². The van der Waals surface area contributed by atoms with Gasteiger partial charge in [0, 0.05) is 6.07 Å². The number of hydrogen-bond acceptors (Lipinski definition) is 7. The van der Waals surface area contributed by atoms with Gasteiger partial charge in [0.15, 0.2) is 5.75 Å². The Morgan fingerprint density at radius 3 is 1.37 bits per heavy atom. The predicted molar refractivity (Wildman–Crippen MR) is 75.5 cm³/mol. The highest BCUT2D eigenvalue weighted by molar-refractivity contribution is 5.66. The van der Waals surface area contributed by atoms with Gasteiger partial charge in [0.25, 0.3) is 0 Å². The highest BCUT2D eigenvalue weighted by Crippen LogP contribution is 2.30. The van der Waals surface area contributed by atoms with Gasteiger partial charge in [-0.3, -0.25) is 0 Å². The molecule has 0 saturated carbocycles. The molecule has 19 heavy (non-hydrogen) atoms. The van der Waals surface area contributed by atoms with E-state index in [0.717, 1.165) is 6.07 Å². The van der Waals surface area contributed by atoms with Crippen molar-refractivity contribution in [3.8, 4) is 17.2 Å². The van der Waals surface area contributed by atoms with Crippen molar-refractivity contribution in [2.24, 2.45) is 0 Å². The quantitative estimate of drug-likeness (QED) is 0.210. The predicted octanol–water partition coefficient (Wildman–Crippen LogP) is 0.819. The van der Waals surface area contributed by atoms with Crippen LogP contribution in [0.4, 0.5) is 22.7 Å². The lowest BCUT2D eigenvalue weighted by Crippen LogP contribution is -1.90. The molecular weight excluding hydrogens is 248 g/mol. The zero-order valence-electron chi connectivity index (χ0n) is 10.0.